The van der Waals surface area contributed by atoms with E-state index in [1.807, 2.05) is 0 Å². The van der Waals surface area contributed by atoms with E-state index in [1.54, 1.807) is 19.1 Å². The fraction of sp³-hybridized carbons (Fsp3) is 0.346. The Kier molecular flexibility index (Phi) is 7.34. The lowest BCUT2D eigenvalue weighted by atomic mass is 9.90. The predicted molar refractivity (Wildman–Crippen MR) is 126 cm³/mol. The van der Waals surface area contributed by atoms with Crippen molar-refractivity contribution in [2.45, 2.75) is 56.7 Å². The highest BCUT2D eigenvalue weighted by molar-refractivity contribution is 6.06. The summed E-state index contributed by atoms with van der Waals surface area (Å²) in [5.74, 6) is -0.510. The molecule has 0 saturated carbocycles. The molecule has 1 fully saturated rings. The number of urea groups is 1. The zero-order valence-electron chi connectivity index (χ0n) is 21.1. The molecule has 3 heterocycles. The van der Waals surface area contributed by atoms with E-state index in [9.17, 15) is 41.0 Å². The van der Waals surface area contributed by atoms with Crippen molar-refractivity contribution in [2.75, 3.05) is 0 Å². The molecule has 1 aromatic carbocycles. The monoisotopic (exact) mass is 571 g/mol. The maximum atomic E-state index is 13.4. The summed E-state index contributed by atoms with van der Waals surface area (Å²) in [5, 5.41) is 12.4. The highest BCUT2D eigenvalue weighted by Gasteiger charge is 2.71. The van der Waals surface area contributed by atoms with Gasteiger partial charge in [-0.2, -0.15) is 26.3 Å². The van der Waals surface area contributed by atoms with Gasteiger partial charge in [0.25, 0.3) is 11.5 Å². The van der Waals surface area contributed by atoms with Gasteiger partial charge in [0.2, 0.25) is 5.88 Å². The topological polar surface area (TPSA) is 105 Å². The lowest BCUT2D eigenvalue weighted by Crippen LogP contribution is -2.53. The number of imide groups is 1. The molecule has 14 heteroatoms. The second-order valence-corrected chi connectivity index (χ2v) is 9.31. The highest BCUT2D eigenvalue weighted by Crippen LogP contribution is 2.50. The van der Waals surface area contributed by atoms with Gasteiger partial charge in [0.1, 0.15) is 11.5 Å². The van der Waals surface area contributed by atoms with Crippen LogP contribution in [0.2, 0.25) is 0 Å². The van der Waals surface area contributed by atoms with Crippen molar-refractivity contribution in [3.63, 3.8) is 0 Å². The Labute approximate surface area is 223 Å². The molecule has 214 valence electrons. The molecule has 4 rings (SSSR count). The van der Waals surface area contributed by atoms with E-state index in [-0.39, 0.29) is 35.9 Å². The molecule has 1 aliphatic rings. The van der Waals surface area contributed by atoms with Gasteiger partial charge in [-0.15, -0.1) is 0 Å². The van der Waals surface area contributed by atoms with Crippen LogP contribution in [0, 0.1) is 0 Å². The molecule has 1 saturated heterocycles. The SMILES string of the molecule is CCCc1cc(C(O)(C(F)(F)F)C(F)(F)F)ccc1Oc1cc(CN2C(=O)NC(C)(c3ccco3)C2=O)ccn1. The summed E-state index contributed by atoms with van der Waals surface area (Å²) in [6.07, 6.45) is -9.03. The Morgan fingerprint density at radius 1 is 1.07 bits per heavy atom. The molecule has 3 amide bonds. The average Bonchev–Trinajstić information content (AvgIpc) is 3.48. The van der Waals surface area contributed by atoms with Crippen LogP contribution in [-0.4, -0.2) is 39.3 Å². The van der Waals surface area contributed by atoms with Crippen LogP contribution >= 0.6 is 0 Å². The molecule has 0 spiro atoms. The first-order chi connectivity index (χ1) is 18.6. The molecule has 0 aliphatic carbocycles. The first kappa shape index (κ1) is 28.9. The normalized spacial score (nSPS) is 18.3. The van der Waals surface area contributed by atoms with E-state index in [2.05, 4.69) is 10.3 Å². The molecule has 2 aromatic heterocycles. The van der Waals surface area contributed by atoms with Gasteiger partial charge >= 0.3 is 18.4 Å². The largest absolute Gasteiger partial charge is 0.466 e. The number of rotatable bonds is 8. The van der Waals surface area contributed by atoms with Crippen LogP contribution in [0.5, 0.6) is 11.6 Å². The zero-order valence-corrected chi connectivity index (χ0v) is 21.1. The van der Waals surface area contributed by atoms with E-state index in [0.29, 0.717) is 24.1 Å². The fourth-order valence-electron chi connectivity index (χ4n) is 4.33. The Hall–Kier alpha value is -4.07. The van der Waals surface area contributed by atoms with Crippen LogP contribution in [0.3, 0.4) is 0 Å². The summed E-state index contributed by atoms with van der Waals surface area (Å²) >= 11 is 0. The molecular weight excluding hydrogens is 548 g/mol. The first-order valence-corrected chi connectivity index (χ1v) is 11.9. The van der Waals surface area contributed by atoms with Crippen molar-refractivity contribution < 1.29 is 50.2 Å². The van der Waals surface area contributed by atoms with Crippen LogP contribution in [0.15, 0.2) is 59.3 Å². The molecule has 40 heavy (non-hydrogen) atoms. The zero-order chi connectivity index (χ0) is 29.5. The van der Waals surface area contributed by atoms with Crippen LogP contribution in [0.4, 0.5) is 31.1 Å². The number of pyridine rings is 1. The van der Waals surface area contributed by atoms with E-state index < -0.39 is 41.0 Å². The minimum absolute atomic E-state index is 0.0255. The van der Waals surface area contributed by atoms with Gasteiger partial charge in [-0.05, 0) is 54.8 Å². The molecule has 0 radical (unpaired) electrons. The number of nitrogens with one attached hydrogen (secondary N) is 1. The minimum atomic E-state index is -6.03. The van der Waals surface area contributed by atoms with Crippen molar-refractivity contribution in [2.24, 2.45) is 0 Å². The number of aliphatic hydroxyl groups is 1. The van der Waals surface area contributed by atoms with Gasteiger partial charge in [-0.3, -0.25) is 9.69 Å². The third-order valence-electron chi connectivity index (χ3n) is 6.46. The van der Waals surface area contributed by atoms with Crippen molar-refractivity contribution in [3.05, 3.63) is 77.4 Å². The summed E-state index contributed by atoms with van der Waals surface area (Å²) < 4.78 is 91.2. The number of benzene rings is 1. The van der Waals surface area contributed by atoms with Gasteiger partial charge in [0, 0.05) is 17.8 Å². The van der Waals surface area contributed by atoms with Crippen LogP contribution in [0.1, 0.15) is 42.7 Å². The fourth-order valence-corrected chi connectivity index (χ4v) is 4.33. The third kappa shape index (κ3) is 4.98. The van der Waals surface area contributed by atoms with Crippen molar-refractivity contribution in [1.82, 2.24) is 15.2 Å². The number of nitrogens with zero attached hydrogens (tertiary/aromatic N) is 2. The molecule has 0 bridgehead atoms. The average molecular weight is 571 g/mol. The molecule has 1 atom stereocenters. The third-order valence-corrected chi connectivity index (χ3v) is 6.46. The molecule has 1 aliphatic heterocycles. The first-order valence-electron chi connectivity index (χ1n) is 11.9. The number of hydrogen-bond donors (Lipinski definition) is 2. The Balaban J connectivity index is 1.60. The van der Waals surface area contributed by atoms with Gasteiger partial charge in [-0.1, -0.05) is 19.4 Å². The quantitative estimate of drug-likeness (QED) is 0.266. The maximum absolute atomic E-state index is 13.4. The molecule has 2 N–H and O–H groups in total. The lowest BCUT2D eigenvalue weighted by Gasteiger charge is -2.33. The highest BCUT2D eigenvalue weighted by atomic mass is 19.4. The number of halogens is 6. The summed E-state index contributed by atoms with van der Waals surface area (Å²) in [7, 11) is 0. The summed E-state index contributed by atoms with van der Waals surface area (Å²) in [6, 6.07) is 7.29. The standard InChI is InChI=1S/C26H23F6N3O5/c1-3-5-16-13-17(24(38,25(27,28)29)26(30,31)32)7-8-18(16)40-20-12-15(9-10-33-20)14-35-21(36)23(2,34-22(35)37)19-6-4-11-39-19/h4,6-13,38H,3,5,14H2,1-2H3,(H,34,37). The Bertz CT molecular complexity index is 1390. The molecule has 1 unspecified atom stereocenters. The number of carbonyl (C=O) groups excluding carboxylic acids is 2. The van der Waals surface area contributed by atoms with Crippen molar-refractivity contribution in [3.8, 4) is 11.6 Å². The van der Waals surface area contributed by atoms with Gasteiger partial charge in [-0.25, -0.2) is 9.78 Å². The number of carbonyl (C=O) groups is 2. The van der Waals surface area contributed by atoms with Gasteiger partial charge in [0.15, 0.2) is 5.54 Å². The van der Waals surface area contributed by atoms with E-state index >= 15 is 0 Å². The second-order valence-electron chi connectivity index (χ2n) is 9.31. The van der Waals surface area contributed by atoms with Crippen molar-refractivity contribution >= 4 is 11.9 Å². The number of alkyl halides is 6. The number of amides is 3. The smallest absolute Gasteiger partial charge is 0.430 e. The van der Waals surface area contributed by atoms with Gasteiger partial charge in [0.05, 0.1) is 12.8 Å². The lowest BCUT2D eigenvalue weighted by molar-refractivity contribution is -0.376. The number of ether oxygens (including phenoxy) is 1. The van der Waals surface area contributed by atoms with Crippen LogP contribution < -0.4 is 10.1 Å². The Morgan fingerprint density at radius 3 is 2.38 bits per heavy atom. The number of furan rings is 1. The Morgan fingerprint density at radius 2 is 1.77 bits per heavy atom. The summed E-state index contributed by atoms with van der Waals surface area (Å²) in [4.78, 5) is 30.6. The number of aromatic nitrogens is 1. The molecular formula is C26H23F6N3O5. The van der Waals surface area contributed by atoms with Crippen molar-refractivity contribution in [1.29, 1.82) is 0 Å². The van der Waals surface area contributed by atoms with E-state index in [1.165, 1.54) is 31.5 Å². The van der Waals surface area contributed by atoms with Crippen LogP contribution in [-0.2, 0) is 28.9 Å². The van der Waals surface area contributed by atoms with Gasteiger partial charge < -0.3 is 19.6 Å². The second kappa shape index (κ2) is 10.2. The summed E-state index contributed by atoms with van der Waals surface area (Å²) in [5.41, 5.74) is -7.52. The molecule has 3 aromatic rings. The predicted octanol–water partition coefficient (Wildman–Crippen LogP) is 5.70. The van der Waals surface area contributed by atoms with E-state index in [0.717, 1.165) is 11.0 Å². The van der Waals surface area contributed by atoms with E-state index in [4.69, 9.17) is 9.15 Å². The number of aryl methyl sites for hydroxylation is 1. The molecule has 8 nitrogen and oxygen atoms in total. The van der Waals surface area contributed by atoms with Crippen LogP contribution in [0.25, 0.3) is 0 Å². The maximum Gasteiger partial charge on any atom is 0.430 e. The minimum Gasteiger partial charge on any atom is -0.466 e. The summed E-state index contributed by atoms with van der Waals surface area (Å²) in [6.45, 7) is 2.96. The number of hydrogen-bond acceptors (Lipinski definition) is 6.